The third-order valence-corrected chi connectivity index (χ3v) is 5.10. The SMILES string of the molecule is CCC(N)(CC)CNC(=O)c1ccc(C)c(S(C)(=O)=O)c1. The summed E-state index contributed by atoms with van der Waals surface area (Å²) in [5.74, 6) is -0.309. The monoisotopic (exact) mass is 312 g/mol. The van der Waals surface area contributed by atoms with Crippen molar-refractivity contribution in [3.05, 3.63) is 29.3 Å². The molecule has 1 rings (SSSR count). The van der Waals surface area contributed by atoms with Crippen molar-refractivity contribution in [3.63, 3.8) is 0 Å². The van der Waals surface area contributed by atoms with Crippen LogP contribution in [0, 0.1) is 6.92 Å². The quantitative estimate of drug-likeness (QED) is 0.836. The highest BCUT2D eigenvalue weighted by Gasteiger charge is 2.22. The summed E-state index contributed by atoms with van der Waals surface area (Å²) in [5, 5.41) is 2.78. The van der Waals surface area contributed by atoms with Gasteiger partial charge in [0.05, 0.1) is 4.90 Å². The van der Waals surface area contributed by atoms with Crippen molar-refractivity contribution in [1.82, 2.24) is 5.32 Å². The van der Waals surface area contributed by atoms with Crippen molar-refractivity contribution in [2.75, 3.05) is 12.8 Å². The van der Waals surface area contributed by atoms with Crippen LogP contribution in [0.3, 0.4) is 0 Å². The molecule has 5 nitrogen and oxygen atoms in total. The lowest BCUT2D eigenvalue weighted by atomic mass is 9.94. The molecule has 0 aliphatic rings. The summed E-state index contributed by atoms with van der Waals surface area (Å²) < 4.78 is 23.4. The lowest BCUT2D eigenvalue weighted by Gasteiger charge is -2.26. The lowest BCUT2D eigenvalue weighted by molar-refractivity contribution is 0.0942. The Kier molecular flexibility index (Phi) is 5.53. The van der Waals surface area contributed by atoms with Crippen molar-refractivity contribution in [2.45, 2.75) is 44.0 Å². The Bertz CT molecular complexity index is 620. The van der Waals surface area contributed by atoms with Gasteiger partial charge >= 0.3 is 0 Å². The molecule has 3 N–H and O–H groups in total. The van der Waals surface area contributed by atoms with E-state index in [0.717, 1.165) is 19.1 Å². The number of sulfone groups is 1. The molecule has 0 aromatic heterocycles. The summed E-state index contributed by atoms with van der Waals surface area (Å²) >= 11 is 0. The van der Waals surface area contributed by atoms with E-state index in [4.69, 9.17) is 5.73 Å². The number of rotatable bonds is 6. The molecule has 0 aliphatic heterocycles. The van der Waals surface area contributed by atoms with Gasteiger partial charge in [-0.1, -0.05) is 19.9 Å². The number of hydrogen-bond donors (Lipinski definition) is 2. The second-order valence-corrected chi connectivity index (χ2v) is 7.49. The van der Waals surface area contributed by atoms with Gasteiger partial charge in [-0.15, -0.1) is 0 Å². The Morgan fingerprint density at radius 3 is 2.33 bits per heavy atom. The highest BCUT2D eigenvalue weighted by Crippen LogP contribution is 2.17. The van der Waals surface area contributed by atoms with Gasteiger partial charge in [-0.25, -0.2) is 8.42 Å². The second kappa shape index (κ2) is 6.58. The Hall–Kier alpha value is -1.40. The van der Waals surface area contributed by atoms with Gasteiger partial charge < -0.3 is 11.1 Å². The van der Waals surface area contributed by atoms with E-state index in [0.29, 0.717) is 17.7 Å². The van der Waals surface area contributed by atoms with Gasteiger partial charge in [-0.05, 0) is 37.5 Å². The van der Waals surface area contributed by atoms with Gasteiger partial charge in [0.15, 0.2) is 9.84 Å². The van der Waals surface area contributed by atoms with Gasteiger partial charge in [0.2, 0.25) is 0 Å². The first kappa shape index (κ1) is 17.7. The van der Waals surface area contributed by atoms with Gasteiger partial charge in [-0.3, -0.25) is 4.79 Å². The average Bonchev–Trinajstić information content (AvgIpc) is 2.43. The predicted octanol–water partition coefficient (Wildman–Crippen LogP) is 1.65. The van der Waals surface area contributed by atoms with E-state index >= 15 is 0 Å². The van der Waals surface area contributed by atoms with Crippen LogP contribution in [0.5, 0.6) is 0 Å². The molecule has 0 radical (unpaired) electrons. The van der Waals surface area contributed by atoms with Crippen LogP contribution in [-0.2, 0) is 9.84 Å². The van der Waals surface area contributed by atoms with E-state index in [1.165, 1.54) is 6.07 Å². The smallest absolute Gasteiger partial charge is 0.251 e. The minimum atomic E-state index is -3.35. The predicted molar refractivity (Wildman–Crippen MR) is 84.1 cm³/mol. The molecule has 118 valence electrons. The highest BCUT2D eigenvalue weighted by molar-refractivity contribution is 7.90. The summed E-state index contributed by atoms with van der Waals surface area (Å²) in [6, 6.07) is 4.67. The molecule has 1 aromatic rings. The maximum atomic E-state index is 12.2. The zero-order valence-corrected chi connectivity index (χ0v) is 13.9. The topological polar surface area (TPSA) is 89.3 Å². The van der Waals surface area contributed by atoms with Crippen LogP contribution in [0.1, 0.15) is 42.6 Å². The van der Waals surface area contributed by atoms with E-state index in [1.54, 1.807) is 19.1 Å². The zero-order chi connectivity index (χ0) is 16.3. The van der Waals surface area contributed by atoms with E-state index in [-0.39, 0.29) is 10.8 Å². The Balaban J connectivity index is 2.95. The number of amides is 1. The summed E-state index contributed by atoms with van der Waals surface area (Å²) in [6.07, 6.45) is 2.65. The molecular formula is C15H24N2O3S. The highest BCUT2D eigenvalue weighted by atomic mass is 32.2. The molecule has 0 atom stereocenters. The first-order valence-corrected chi connectivity index (χ1v) is 8.90. The zero-order valence-electron chi connectivity index (χ0n) is 13.1. The molecule has 0 saturated carbocycles. The number of benzene rings is 1. The number of nitrogens with one attached hydrogen (secondary N) is 1. The molecule has 1 amide bonds. The number of carbonyl (C=O) groups excluding carboxylic acids is 1. The van der Waals surface area contributed by atoms with Gasteiger partial charge in [0.25, 0.3) is 5.91 Å². The van der Waals surface area contributed by atoms with Crippen LogP contribution in [0.4, 0.5) is 0 Å². The molecule has 0 bridgehead atoms. The molecule has 21 heavy (non-hydrogen) atoms. The number of aryl methyl sites for hydroxylation is 1. The van der Waals surface area contributed by atoms with Crippen molar-refractivity contribution in [3.8, 4) is 0 Å². The molecule has 0 aliphatic carbocycles. The molecule has 0 saturated heterocycles. The fourth-order valence-corrected chi connectivity index (χ4v) is 2.99. The van der Waals surface area contributed by atoms with E-state index in [1.807, 2.05) is 13.8 Å². The van der Waals surface area contributed by atoms with Crippen LogP contribution >= 0.6 is 0 Å². The number of nitrogens with two attached hydrogens (primary N) is 1. The average molecular weight is 312 g/mol. The maximum Gasteiger partial charge on any atom is 0.251 e. The van der Waals surface area contributed by atoms with Crippen molar-refractivity contribution in [2.24, 2.45) is 5.73 Å². The molecular weight excluding hydrogens is 288 g/mol. The number of carbonyl (C=O) groups is 1. The molecule has 0 unspecified atom stereocenters. The summed E-state index contributed by atoms with van der Waals surface area (Å²) in [5.41, 5.74) is 6.66. The Labute approximate surface area is 126 Å². The third-order valence-electron chi connectivity index (χ3n) is 3.86. The lowest BCUT2D eigenvalue weighted by Crippen LogP contribution is -2.49. The van der Waals surface area contributed by atoms with Crippen LogP contribution in [0.2, 0.25) is 0 Å². The van der Waals surface area contributed by atoms with Crippen LogP contribution in [0.25, 0.3) is 0 Å². The van der Waals surface area contributed by atoms with Crippen molar-refractivity contribution >= 4 is 15.7 Å². The van der Waals surface area contributed by atoms with E-state index < -0.39 is 15.4 Å². The standard InChI is InChI=1S/C15H24N2O3S/c1-5-15(16,6-2)10-17-14(18)12-8-7-11(3)13(9-12)21(4,19)20/h7-9H,5-6,10,16H2,1-4H3,(H,17,18). The molecule has 6 heteroatoms. The molecule has 0 heterocycles. The molecule has 1 aromatic carbocycles. The summed E-state index contributed by atoms with van der Waals surface area (Å²) in [7, 11) is -3.35. The van der Waals surface area contributed by atoms with Crippen LogP contribution in [0.15, 0.2) is 23.1 Å². The van der Waals surface area contributed by atoms with E-state index in [2.05, 4.69) is 5.32 Å². The fourth-order valence-electron chi connectivity index (χ4n) is 2.00. The Morgan fingerprint density at radius 2 is 1.86 bits per heavy atom. The van der Waals surface area contributed by atoms with E-state index in [9.17, 15) is 13.2 Å². The minimum Gasteiger partial charge on any atom is -0.350 e. The maximum absolute atomic E-state index is 12.2. The molecule has 0 spiro atoms. The first-order valence-electron chi connectivity index (χ1n) is 7.00. The van der Waals surface area contributed by atoms with Crippen LogP contribution in [-0.4, -0.2) is 32.7 Å². The third kappa shape index (κ3) is 4.54. The molecule has 0 fully saturated rings. The minimum absolute atomic E-state index is 0.181. The van der Waals surface area contributed by atoms with Crippen molar-refractivity contribution < 1.29 is 13.2 Å². The second-order valence-electron chi connectivity index (χ2n) is 5.50. The normalized spacial score (nSPS) is 12.2. The van der Waals surface area contributed by atoms with Crippen LogP contribution < -0.4 is 11.1 Å². The Morgan fingerprint density at radius 1 is 1.29 bits per heavy atom. The van der Waals surface area contributed by atoms with Gasteiger partial charge in [0, 0.05) is 23.9 Å². The fraction of sp³-hybridized carbons (Fsp3) is 0.533. The van der Waals surface area contributed by atoms with Gasteiger partial charge in [-0.2, -0.15) is 0 Å². The van der Waals surface area contributed by atoms with Gasteiger partial charge in [0.1, 0.15) is 0 Å². The first-order chi connectivity index (χ1) is 9.63. The summed E-state index contributed by atoms with van der Waals surface area (Å²) in [4.78, 5) is 12.3. The largest absolute Gasteiger partial charge is 0.350 e. The number of hydrogen-bond acceptors (Lipinski definition) is 4. The summed E-state index contributed by atoms with van der Waals surface area (Å²) in [6.45, 7) is 6.02. The van der Waals surface area contributed by atoms with Crippen molar-refractivity contribution in [1.29, 1.82) is 0 Å².